The second kappa shape index (κ2) is 8.35. The molecule has 0 aliphatic rings. The number of aromatic nitrogens is 1. The van der Waals surface area contributed by atoms with E-state index in [1.54, 1.807) is 50.0 Å². The fourth-order valence-corrected chi connectivity index (χ4v) is 3.07. The van der Waals surface area contributed by atoms with E-state index < -0.39 is 0 Å². The van der Waals surface area contributed by atoms with Gasteiger partial charge in [-0.1, -0.05) is 0 Å². The van der Waals surface area contributed by atoms with E-state index in [2.05, 4.69) is 21.0 Å². The Morgan fingerprint density at radius 2 is 1.85 bits per heavy atom. The molecule has 2 amide bonds. The monoisotopic (exact) mass is 369 g/mol. The topological polar surface area (TPSA) is 72.5 Å². The molecular weight excluding hydrogens is 350 g/mol. The van der Waals surface area contributed by atoms with E-state index in [1.807, 2.05) is 23.7 Å². The Morgan fingerprint density at radius 3 is 2.50 bits per heavy atom. The third-order valence-electron chi connectivity index (χ3n) is 3.71. The van der Waals surface area contributed by atoms with Crippen molar-refractivity contribution >= 4 is 23.1 Å². The molecule has 26 heavy (non-hydrogen) atoms. The zero-order valence-electron chi connectivity index (χ0n) is 14.5. The first-order valence-electron chi connectivity index (χ1n) is 7.92. The lowest BCUT2D eigenvalue weighted by atomic mass is 10.1. The Bertz CT molecular complexity index is 859. The first-order chi connectivity index (χ1) is 12.7. The Morgan fingerprint density at radius 1 is 1.08 bits per heavy atom. The summed E-state index contributed by atoms with van der Waals surface area (Å²) in [6.45, 7) is 0.373. The number of rotatable bonds is 6. The summed E-state index contributed by atoms with van der Waals surface area (Å²) in [5, 5.41) is 9.69. The van der Waals surface area contributed by atoms with Crippen LogP contribution in [-0.4, -0.2) is 25.2 Å². The number of carbonyl (C=O) groups is 1. The number of anilines is 1. The van der Waals surface area contributed by atoms with Crippen LogP contribution < -0.4 is 20.1 Å². The van der Waals surface area contributed by atoms with E-state index in [-0.39, 0.29) is 6.03 Å². The van der Waals surface area contributed by atoms with Crippen molar-refractivity contribution in [2.24, 2.45) is 0 Å². The van der Waals surface area contributed by atoms with E-state index in [9.17, 15) is 4.79 Å². The van der Waals surface area contributed by atoms with Crippen LogP contribution in [0.15, 0.2) is 53.5 Å². The van der Waals surface area contributed by atoms with Crippen LogP contribution in [0.5, 0.6) is 11.5 Å². The highest BCUT2D eigenvalue weighted by Gasteiger charge is 2.07. The molecule has 2 heterocycles. The molecule has 7 heteroatoms. The zero-order chi connectivity index (χ0) is 18.4. The lowest BCUT2D eigenvalue weighted by Crippen LogP contribution is -2.28. The first kappa shape index (κ1) is 17.8. The summed E-state index contributed by atoms with van der Waals surface area (Å²) in [4.78, 5) is 16.4. The molecule has 134 valence electrons. The zero-order valence-corrected chi connectivity index (χ0v) is 15.3. The van der Waals surface area contributed by atoms with Crippen LogP contribution in [0.1, 0.15) is 5.56 Å². The smallest absolute Gasteiger partial charge is 0.319 e. The number of ether oxygens (including phenoxy) is 2. The van der Waals surface area contributed by atoms with Crippen LogP contribution in [-0.2, 0) is 6.54 Å². The third-order valence-corrected chi connectivity index (χ3v) is 4.40. The lowest BCUT2D eigenvalue weighted by Gasteiger charge is -2.11. The van der Waals surface area contributed by atoms with E-state index in [0.29, 0.717) is 23.7 Å². The van der Waals surface area contributed by atoms with Crippen LogP contribution in [0.25, 0.3) is 11.1 Å². The molecule has 0 bridgehead atoms. The van der Waals surface area contributed by atoms with Gasteiger partial charge in [0.25, 0.3) is 0 Å². The average Bonchev–Trinajstić information content (AvgIpc) is 3.21. The molecule has 1 aromatic carbocycles. The lowest BCUT2D eigenvalue weighted by molar-refractivity contribution is 0.251. The van der Waals surface area contributed by atoms with Crippen molar-refractivity contribution in [3.05, 3.63) is 59.0 Å². The summed E-state index contributed by atoms with van der Waals surface area (Å²) in [7, 11) is 3.12. The van der Waals surface area contributed by atoms with Crippen molar-refractivity contribution in [2.45, 2.75) is 6.54 Å². The van der Waals surface area contributed by atoms with Crippen LogP contribution >= 0.6 is 11.3 Å². The number of carbonyl (C=O) groups excluding carboxylic acids is 1. The molecule has 0 radical (unpaired) electrons. The summed E-state index contributed by atoms with van der Waals surface area (Å²) in [6.07, 6.45) is 3.55. The van der Waals surface area contributed by atoms with Gasteiger partial charge in [0.05, 0.1) is 14.2 Å². The van der Waals surface area contributed by atoms with E-state index >= 15 is 0 Å². The Balaban J connectivity index is 1.62. The summed E-state index contributed by atoms with van der Waals surface area (Å²) >= 11 is 1.64. The Kier molecular flexibility index (Phi) is 5.70. The molecule has 0 saturated heterocycles. The Hall–Kier alpha value is -3.06. The maximum atomic E-state index is 12.2. The highest BCUT2D eigenvalue weighted by atomic mass is 32.1. The minimum absolute atomic E-state index is 0.318. The molecule has 0 unspecified atom stereocenters. The minimum Gasteiger partial charge on any atom is -0.497 e. The van der Waals surface area contributed by atoms with Crippen molar-refractivity contribution in [3.63, 3.8) is 0 Å². The summed E-state index contributed by atoms with van der Waals surface area (Å²) in [6, 6.07) is 8.93. The molecule has 0 atom stereocenters. The number of hydrogen-bond acceptors (Lipinski definition) is 5. The van der Waals surface area contributed by atoms with E-state index in [4.69, 9.17) is 9.47 Å². The largest absolute Gasteiger partial charge is 0.497 e. The standard InChI is InChI=1S/C19H19N3O3S/c1-24-17-6-16(7-18(8-17)25-2)22-19(23)21-10-13-5-15(11-20-9-13)14-3-4-26-12-14/h3-9,11-12H,10H2,1-2H3,(H2,21,22,23). The summed E-state index contributed by atoms with van der Waals surface area (Å²) in [5.74, 6) is 1.21. The van der Waals surface area contributed by atoms with E-state index in [1.165, 1.54) is 0 Å². The Labute approximate surface area is 155 Å². The third kappa shape index (κ3) is 4.52. The fraction of sp³-hybridized carbons (Fsp3) is 0.158. The number of methoxy groups -OCH3 is 2. The van der Waals surface area contributed by atoms with E-state index in [0.717, 1.165) is 16.7 Å². The summed E-state index contributed by atoms with van der Waals surface area (Å²) in [5.41, 5.74) is 3.66. The number of urea groups is 1. The van der Waals surface area contributed by atoms with Gasteiger partial charge in [0.1, 0.15) is 11.5 Å². The number of benzene rings is 1. The van der Waals surface area contributed by atoms with Gasteiger partial charge in [-0.15, -0.1) is 0 Å². The average molecular weight is 369 g/mol. The molecule has 2 N–H and O–H groups in total. The highest BCUT2D eigenvalue weighted by molar-refractivity contribution is 7.08. The van der Waals surface area contributed by atoms with Crippen LogP contribution in [0.4, 0.5) is 10.5 Å². The minimum atomic E-state index is -0.318. The molecule has 3 rings (SSSR count). The number of thiophene rings is 1. The molecule has 0 spiro atoms. The van der Waals surface area contributed by atoms with Crippen molar-refractivity contribution in [1.82, 2.24) is 10.3 Å². The molecule has 3 aromatic rings. The maximum Gasteiger partial charge on any atom is 0.319 e. The van der Waals surface area contributed by atoms with Gasteiger partial charge in [-0.2, -0.15) is 11.3 Å². The number of hydrogen-bond donors (Lipinski definition) is 2. The molecule has 6 nitrogen and oxygen atoms in total. The molecule has 0 saturated carbocycles. The van der Waals surface area contributed by atoms with Gasteiger partial charge in [0.15, 0.2) is 0 Å². The predicted octanol–water partition coefficient (Wildman–Crippen LogP) is 4.15. The molecule has 0 aliphatic heterocycles. The highest BCUT2D eigenvalue weighted by Crippen LogP contribution is 2.25. The van der Waals surface area contributed by atoms with Crippen molar-refractivity contribution in [3.8, 4) is 22.6 Å². The second-order valence-electron chi connectivity index (χ2n) is 5.50. The van der Waals surface area contributed by atoms with Gasteiger partial charge < -0.3 is 20.1 Å². The molecular formula is C19H19N3O3S. The number of nitrogens with one attached hydrogen (secondary N) is 2. The van der Waals surface area contributed by atoms with Crippen LogP contribution in [0.2, 0.25) is 0 Å². The molecule has 0 aliphatic carbocycles. The van der Waals surface area contributed by atoms with Gasteiger partial charge in [-0.3, -0.25) is 4.98 Å². The van der Waals surface area contributed by atoms with Crippen LogP contribution in [0.3, 0.4) is 0 Å². The quantitative estimate of drug-likeness (QED) is 0.685. The van der Waals surface area contributed by atoms with Gasteiger partial charge in [0, 0.05) is 48.4 Å². The number of nitrogens with zero attached hydrogens (tertiary/aromatic N) is 1. The van der Waals surface area contributed by atoms with Crippen molar-refractivity contribution < 1.29 is 14.3 Å². The van der Waals surface area contributed by atoms with Crippen molar-refractivity contribution in [2.75, 3.05) is 19.5 Å². The summed E-state index contributed by atoms with van der Waals surface area (Å²) < 4.78 is 10.4. The number of pyridine rings is 1. The fourth-order valence-electron chi connectivity index (χ4n) is 2.41. The molecule has 0 fully saturated rings. The normalized spacial score (nSPS) is 10.2. The molecule has 2 aromatic heterocycles. The van der Waals surface area contributed by atoms with Gasteiger partial charge in [-0.25, -0.2) is 4.79 Å². The SMILES string of the molecule is COc1cc(NC(=O)NCc2cncc(-c3ccsc3)c2)cc(OC)c1. The van der Waals surface area contributed by atoms with Gasteiger partial charge >= 0.3 is 6.03 Å². The number of amides is 2. The van der Waals surface area contributed by atoms with Crippen LogP contribution in [0, 0.1) is 0 Å². The second-order valence-corrected chi connectivity index (χ2v) is 6.28. The van der Waals surface area contributed by atoms with Gasteiger partial charge in [-0.05, 0) is 34.0 Å². The first-order valence-corrected chi connectivity index (χ1v) is 8.86. The predicted molar refractivity (Wildman–Crippen MR) is 103 cm³/mol. The maximum absolute atomic E-state index is 12.2. The van der Waals surface area contributed by atoms with Crippen molar-refractivity contribution in [1.29, 1.82) is 0 Å². The van der Waals surface area contributed by atoms with Gasteiger partial charge in [0.2, 0.25) is 0 Å².